The zero-order chi connectivity index (χ0) is 26.1. The van der Waals surface area contributed by atoms with Crippen LogP contribution in [-0.2, 0) is 6.54 Å². The van der Waals surface area contributed by atoms with Crippen LogP contribution in [0.2, 0.25) is 0 Å². The Balaban J connectivity index is 1.51. The molecule has 0 aliphatic carbocycles. The quantitative estimate of drug-likeness (QED) is 0.213. The second kappa shape index (κ2) is 13.1. The predicted molar refractivity (Wildman–Crippen MR) is 141 cm³/mol. The van der Waals surface area contributed by atoms with E-state index in [9.17, 15) is 9.59 Å². The van der Waals surface area contributed by atoms with Gasteiger partial charge in [-0.15, -0.1) is 0 Å². The molecule has 9 nitrogen and oxygen atoms in total. The number of nitrogens with one attached hydrogen (secondary N) is 1. The molecule has 10 heteroatoms. The number of pyridine rings is 1. The molecular formula is C26H34N6O3S. The maximum atomic E-state index is 12.8. The minimum atomic E-state index is -0.301. The number of anilines is 1. The third-order valence-corrected chi connectivity index (χ3v) is 6.44. The lowest BCUT2D eigenvalue weighted by molar-refractivity contribution is 0.0769. The number of benzene rings is 1. The second-order valence-electron chi connectivity index (χ2n) is 9.00. The highest BCUT2D eigenvalue weighted by Crippen LogP contribution is 2.24. The van der Waals surface area contributed by atoms with Gasteiger partial charge < -0.3 is 20.4 Å². The first kappa shape index (κ1) is 27.2. The van der Waals surface area contributed by atoms with E-state index < -0.39 is 0 Å². The SMILES string of the molecule is Cc1ncoc1CN(C)C(=O)c1cc(C(=O)NCCCN(CC(C)C)Sc2ccc(N)cc2)ccn1. The Hall–Kier alpha value is -3.37. The molecule has 0 saturated carbocycles. The van der Waals surface area contributed by atoms with E-state index in [4.69, 9.17) is 10.2 Å². The Labute approximate surface area is 216 Å². The fraction of sp³-hybridized carbons (Fsp3) is 0.385. The van der Waals surface area contributed by atoms with E-state index in [0.29, 0.717) is 23.8 Å². The van der Waals surface area contributed by atoms with E-state index >= 15 is 0 Å². The minimum Gasteiger partial charge on any atom is -0.446 e. The zero-order valence-electron chi connectivity index (χ0n) is 21.2. The van der Waals surface area contributed by atoms with Crippen molar-refractivity contribution in [3.05, 3.63) is 71.7 Å². The van der Waals surface area contributed by atoms with Crippen molar-refractivity contribution in [2.24, 2.45) is 5.92 Å². The molecule has 3 rings (SSSR count). The first-order valence-electron chi connectivity index (χ1n) is 11.9. The summed E-state index contributed by atoms with van der Waals surface area (Å²) >= 11 is 1.69. The number of carbonyl (C=O) groups excluding carboxylic acids is 2. The van der Waals surface area contributed by atoms with Crippen molar-refractivity contribution in [3.8, 4) is 0 Å². The number of aryl methyl sites for hydroxylation is 1. The average Bonchev–Trinajstić information content (AvgIpc) is 3.26. The van der Waals surface area contributed by atoms with Gasteiger partial charge in [-0.1, -0.05) is 13.8 Å². The van der Waals surface area contributed by atoms with Gasteiger partial charge in [-0.25, -0.2) is 9.29 Å². The first-order valence-corrected chi connectivity index (χ1v) is 12.7. The number of oxazole rings is 1. The fourth-order valence-electron chi connectivity index (χ4n) is 3.47. The molecule has 0 unspecified atom stereocenters. The number of rotatable bonds is 12. The van der Waals surface area contributed by atoms with Crippen LogP contribution < -0.4 is 11.1 Å². The Morgan fingerprint density at radius 3 is 2.58 bits per heavy atom. The summed E-state index contributed by atoms with van der Waals surface area (Å²) in [5.74, 6) is 0.590. The van der Waals surface area contributed by atoms with E-state index in [0.717, 1.165) is 35.8 Å². The van der Waals surface area contributed by atoms with Crippen molar-refractivity contribution >= 4 is 29.4 Å². The van der Waals surface area contributed by atoms with Gasteiger partial charge in [0.1, 0.15) is 11.5 Å². The van der Waals surface area contributed by atoms with E-state index in [2.05, 4.69) is 33.4 Å². The molecule has 0 saturated heterocycles. The van der Waals surface area contributed by atoms with Crippen molar-refractivity contribution in [3.63, 3.8) is 0 Å². The third kappa shape index (κ3) is 8.10. The maximum Gasteiger partial charge on any atom is 0.272 e. The summed E-state index contributed by atoms with van der Waals surface area (Å²) in [6.45, 7) is 8.73. The molecule has 0 aliphatic rings. The zero-order valence-corrected chi connectivity index (χ0v) is 22.0. The smallest absolute Gasteiger partial charge is 0.272 e. The van der Waals surface area contributed by atoms with Gasteiger partial charge in [0.15, 0.2) is 6.39 Å². The van der Waals surface area contributed by atoms with Gasteiger partial charge in [0.25, 0.3) is 11.8 Å². The molecule has 2 aromatic heterocycles. The lowest BCUT2D eigenvalue weighted by Gasteiger charge is -2.23. The summed E-state index contributed by atoms with van der Waals surface area (Å²) in [4.78, 5) is 36.3. The van der Waals surface area contributed by atoms with Crippen LogP contribution in [-0.4, -0.2) is 57.7 Å². The van der Waals surface area contributed by atoms with Crippen LogP contribution >= 0.6 is 11.9 Å². The summed E-state index contributed by atoms with van der Waals surface area (Å²) < 4.78 is 7.62. The Morgan fingerprint density at radius 1 is 1.17 bits per heavy atom. The van der Waals surface area contributed by atoms with Gasteiger partial charge in [0.05, 0.1) is 12.2 Å². The van der Waals surface area contributed by atoms with Gasteiger partial charge in [0.2, 0.25) is 0 Å². The summed E-state index contributed by atoms with van der Waals surface area (Å²) in [7, 11) is 1.66. The van der Waals surface area contributed by atoms with Crippen molar-refractivity contribution in [2.45, 2.75) is 38.6 Å². The number of amides is 2. The summed E-state index contributed by atoms with van der Waals surface area (Å²) in [5.41, 5.74) is 7.86. The van der Waals surface area contributed by atoms with Crippen LogP contribution in [0.1, 0.15) is 52.6 Å². The molecule has 0 atom stereocenters. The maximum absolute atomic E-state index is 12.8. The van der Waals surface area contributed by atoms with E-state index in [1.54, 1.807) is 25.1 Å². The molecule has 3 N–H and O–H groups in total. The molecule has 0 bridgehead atoms. The molecule has 36 heavy (non-hydrogen) atoms. The molecule has 0 radical (unpaired) electrons. The summed E-state index contributed by atoms with van der Waals surface area (Å²) in [6, 6.07) is 11.0. The molecule has 0 spiro atoms. The van der Waals surface area contributed by atoms with Crippen LogP contribution in [0.3, 0.4) is 0 Å². The highest BCUT2D eigenvalue weighted by atomic mass is 32.2. The number of hydrogen-bond acceptors (Lipinski definition) is 8. The number of nitrogens with two attached hydrogens (primary N) is 1. The van der Waals surface area contributed by atoms with E-state index in [1.165, 1.54) is 23.6 Å². The van der Waals surface area contributed by atoms with Gasteiger partial charge in [-0.05, 0) is 67.6 Å². The normalized spacial score (nSPS) is 11.2. The van der Waals surface area contributed by atoms with Crippen LogP contribution in [0.25, 0.3) is 0 Å². The standard InChI is InChI=1S/C26H34N6O3S/c1-18(2)15-32(36-22-8-6-21(27)7-9-22)13-5-11-29-25(33)20-10-12-28-23(14-20)26(34)31(4)16-24-19(3)30-17-35-24/h6-10,12,14,17-18H,5,11,13,15-16,27H2,1-4H3,(H,29,33). The van der Waals surface area contributed by atoms with Gasteiger partial charge in [-0.3, -0.25) is 14.6 Å². The topological polar surface area (TPSA) is 118 Å². The Kier molecular flexibility index (Phi) is 9.89. The first-order chi connectivity index (χ1) is 17.2. The highest BCUT2D eigenvalue weighted by molar-refractivity contribution is 7.97. The monoisotopic (exact) mass is 510 g/mol. The van der Waals surface area contributed by atoms with Crippen molar-refractivity contribution < 1.29 is 14.0 Å². The largest absolute Gasteiger partial charge is 0.446 e. The summed E-state index contributed by atoms with van der Waals surface area (Å²) in [5, 5.41) is 2.95. The lowest BCUT2D eigenvalue weighted by Crippen LogP contribution is -2.30. The molecule has 1 aromatic carbocycles. The number of nitrogens with zero attached hydrogens (tertiary/aromatic N) is 4. The number of nitrogen functional groups attached to an aromatic ring is 1. The third-order valence-electron chi connectivity index (χ3n) is 5.37. The fourth-order valence-corrected chi connectivity index (χ4v) is 4.62. The molecule has 2 heterocycles. The number of aromatic nitrogens is 2. The predicted octanol–water partition coefficient (Wildman–Crippen LogP) is 4.02. The number of carbonyl (C=O) groups is 2. The van der Waals surface area contributed by atoms with Crippen molar-refractivity contribution in [2.75, 3.05) is 32.4 Å². The van der Waals surface area contributed by atoms with Crippen LogP contribution in [0.4, 0.5) is 5.69 Å². The van der Waals surface area contributed by atoms with Gasteiger partial charge in [0, 0.05) is 49.0 Å². The molecule has 192 valence electrons. The molecule has 3 aromatic rings. The molecule has 2 amide bonds. The average molecular weight is 511 g/mol. The van der Waals surface area contributed by atoms with E-state index in [1.807, 2.05) is 31.2 Å². The van der Waals surface area contributed by atoms with Crippen molar-refractivity contribution in [1.29, 1.82) is 0 Å². The Morgan fingerprint density at radius 2 is 1.92 bits per heavy atom. The molecular weight excluding hydrogens is 476 g/mol. The minimum absolute atomic E-state index is 0.199. The summed E-state index contributed by atoms with van der Waals surface area (Å²) in [6.07, 6.45) is 3.62. The van der Waals surface area contributed by atoms with Crippen LogP contribution in [0, 0.1) is 12.8 Å². The number of hydrogen-bond donors (Lipinski definition) is 2. The second-order valence-corrected chi connectivity index (χ2v) is 10.2. The Bertz CT molecular complexity index is 1150. The highest BCUT2D eigenvalue weighted by Gasteiger charge is 2.18. The van der Waals surface area contributed by atoms with Crippen LogP contribution in [0.5, 0.6) is 0 Å². The molecule has 0 aliphatic heterocycles. The lowest BCUT2D eigenvalue weighted by atomic mass is 10.2. The molecule has 0 fully saturated rings. The van der Waals surface area contributed by atoms with Crippen molar-refractivity contribution in [1.82, 2.24) is 24.5 Å². The van der Waals surface area contributed by atoms with E-state index in [-0.39, 0.29) is 24.1 Å². The van der Waals surface area contributed by atoms with Crippen LogP contribution in [0.15, 0.2) is 58.3 Å². The van der Waals surface area contributed by atoms with Gasteiger partial charge >= 0.3 is 0 Å². The van der Waals surface area contributed by atoms with Gasteiger partial charge in [-0.2, -0.15) is 0 Å².